The van der Waals surface area contributed by atoms with Crippen molar-refractivity contribution >= 4 is 101 Å². The van der Waals surface area contributed by atoms with Gasteiger partial charge in [-0.25, -0.2) is 0 Å². The molecule has 7 aromatic rings. The molecule has 20 nitrogen and oxygen atoms in total. The van der Waals surface area contributed by atoms with Crippen molar-refractivity contribution in [2.75, 3.05) is 26.6 Å². The van der Waals surface area contributed by atoms with Crippen LogP contribution in [0.4, 0.5) is 58.2 Å². The quantitative estimate of drug-likeness (QED) is 0.0380. The molecule has 2 heterocycles. The van der Waals surface area contributed by atoms with Crippen molar-refractivity contribution in [3.63, 3.8) is 0 Å². The van der Waals surface area contributed by atoms with Gasteiger partial charge in [0.1, 0.15) is 15.6 Å². The fourth-order valence-corrected chi connectivity index (χ4v) is 7.56. The Labute approximate surface area is 354 Å². The summed E-state index contributed by atoms with van der Waals surface area (Å²) in [5.41, 5.74) is 1.88. The number of nitrogens with one attached hydrogen (secondary N) is 5. The summed E-state index contributed by atoms with van der Waals surface area (Å²) in [5, 5.41) is 14.8. The first kappa shape index (κ1) is 42.7. The summed E-state index contributed by atoms with van der Waals surface area (Å²) in [6.45, 7) is 1.65. The Balaban J connectivity index is 1.15. The maximum atomic E-state index is 12.7. The molecule has 2 aromatic heterocycles. The van der Waals surface area contributed by atoms with Gasteiger partial charge >= 0.3 is 0 Å². The summed E-state index contributed by atoms with van der Waals surface area (Å²) in [6, 6.07) is 31.0. The number of aryl methyl sites for hydroxylation is 1. The molecule has 23 heteroatoms. The van der Waals surface area contributed by atoms with Crippen LogP contribution in [0, 0.1) is 6.92 Å². The van der Waals surface area contributed by atoms with E-state index in [2.05, 4.69) is 56.5 Å². The number of nitrogens with zero attached hydrogens (tertiary/aromatic N) is 6. The van der Waals surface area contributed by atoms with E-state index in [-0.39, 0.29) is 57.1 Å². The van der Waals surface area contributed by atoms with Gasteiger partial charge in [-0.15, -0.1) is 0 Å². The van der Waals surface area contributed by atoms with E-state index in [1.54, 1.807) is 31.2 Å². The van der Waals surface area contributed by atoms with Crippen molar-refractivity contribution in [2.24, 2.45) is 0 Å². The zero-order valence-corrected chi connectivity index (χ0v) is 34.4. The van der Waals surface area contributed by atoms with Gasteiger partial charge in [0.2, 0.25) is 29.7 Å². The lowest BCUT2D eigenvalue weighted by molar-refractivity contribution is 0.480. The van der Waals surface area contributed by atoms with Crippen LogP contribution in [0.25, 0.3) is 12.2 Å². The molecule has 0 saturated heterocycles. The van der Waals surface area contributed by atoms with Gasteiger partial charge in [0.15, 0.2) is 0 Å². The van der Waals surface area contributed by atoms with Crippen LogP contribution in [0.2, 0.25) is 0 Å². The standard InChI is InChI=1S/C39H33N11O9S3/c1-24-40-35(42-27-8-4-2-5-9-27)47-36(41-24)45-30-16-14-25(33(22-30)61(54,55)56)12-13-26-15-17-31(23-34(26)62(57,58)59)46-39-49-37(43-28-10-6-3-7-11-28)48-38(50-39)44-29-18-20-32(21-19-29)60(51,52)53/h2-23H,1H3,(H,51,52,53)(H,54,55,56)(H,57,58,59)(H2,40,41,42,45,47)(H3,43,44,46,48,49,50). The molecular formula is C39H33N11O9S3. The Morgan fingerprint density at radius 2 is 0.726 bits per heavy atom. The summed E-state index contributed by atoms with van der Waals surface area (Å²) < 4.78 is 103. The summed E-state index contributed by atoms with van der Waals surface area (Å²) in [7, 11) is -14.2. The van der Waals surface area contributed by atoms with Crippen molar-refractivity contribution in [3.8, 4) is 0 Å². The minimum atomic E-state index is -4.90. The monoisotopic (exact) mass is 895 g/mol. The van der Waals surface area contributed by atoms with Crippen LogP contribution in [0.3, 0.4) is 0 Å². The average molecular weight is 896 g/mol. The SMILES string of the molecule is Cc1nc(Nc2ccccc2)nc(Nc2ccc(C=Cc3ccc(Nc4nc(Nc5ccccc5)nc(Nc5ccc(S(=O)(=O)O)cc5)n4)cc3S(=O)(=O)O)c(S(=O)(=O)O)c2)n1. The number of para-hydroxylation sites is 2. The molecule has 8 N–H and O–H groups in total. The summed E-state index contributed by atoms with van der Waals surface area (Å²) >= 11 is 0. The normalized spacial score (nSPS) is 11.9. The smallest absolute Gasteiger partial charge is 0.295 e. The Bertz CT molecular complexity index is 3150. The molecule has 0 saturated carbocycles. The Morgan fingerprint density at radius 3 is 1.08 bits per heavy atom. The van der Waals surface area contributed by atoms with Gasteiger partial charge in [0.05, 0.1) is 4.90 Å². The highest BCUT2D eigenvalue weighted by molar-refractivity contribution is 7.86. The van der Waals surface area contributed by atoms with Crippen LogP contribution in [0.1, 0.15) is 17.0 Å². The van der Waals surface area contributed by atoms with E-state index in [9.17, 15) is 38.9 Å². The summed E-state index contributed by atoms with van der Waals surface area (Å²) in [4.78, 5) is 24.5. The van der Waals surface area contributed by atoms with Crippen molar-refractivity contribution in [1.29, 1.82) is 0 Å². The third-order valence-electron chi connectivity index (χ3n) is 8.39. The van der Waals surface area contributed by atoms with Crippen molar-refractivity contribution in [2.45, 2.75) is 21.6 Å². The zero-order chi connectivity index (χ0) is 44.1. The highest BCUT2D eigenvalue weighted by Crippen LogP contribution is 2.29. The van der Waals surface area contributed by atoms with E-state index in [1.807, 2.05) is 36.4 Å². The van der Waals surface area contributed by atoms with E-state index in [4.69, 9.17) is 0 Å². The summed E-state index contributed by atoms with van der Waals surface area (Å²) in [6.07, 6.45) is 2.48. The largest absolute Gasteiger partial charge is 0.324 e. The molecule has 0 unspecified atom stereocenters. The third-order valence-corrected chi connectivity index (χ3v) is 11.1. The number of anilines is 10. The van der Waals surface area contributed by atoms with E-state index < -0.39 is 40.1 Å². The lowest BCUT2D eigenvalue weighted by Crippen LogP contribution is -2.08. The van der Waals surface area contributed by atoms with Gasteiger partial charge in [0, 0.05) is 28.4 Å². The first-order valence-electron chi connectivity index (χ1n) is 17.9. The van der Waals surface area contributed by atoms with Gasteiger partial charge < -0.3 is 26.6 Å². The molecule has 7 rings (SSSR count). The lowest BCUT2D eigenvalue weighted by atomic mass is 10.1. The highest BCUT2D eigenvalue weighted by Gasteiger charge is 2.19. The van der Waals surface area contributed by atoms with Crippen molar-refractivity contribution in [1.82, 2.24) is 29.9 Å². The molecule has 0 atom stereocenters. The average Bonchev–Trinajstić information content (AvgIpc) is 3.20. The fraction of sp³-hybridized carbons (Fsp3) is 0.0256. The zero-order valence-electron chi connectivity index (χ0n) is 31.9. The predicted molar refractivity (Wildman–Crippen MR) is 231 cm³/mol. The van der Waals surface area contributed by atoms with Crippen molar-refractivity contribution in [3.05, 3.63) is 138 Å². The van der Waals surface area contributed by atoms with Crippen LogP contribution in [-0.4, -0.2) is 68.8 Å². The Morgan fingerprint density at radius 1 is 0.403 bits per heavy atom. The molecule has 62 heavy (non-hydrogen) atoms. The molecule has 0 radical (unpaired) electrons. The minimum absolute atomic E-state index is 0.0285. The maximum Gasteiger partial charge on any atom is 0.295 e. The second-order valence-electron chi connectivity index (χ2n) is 13.0. The minimum Gasteiger partial charge on any atom is -0.324 e. The predicted octanol–water partition coefficient (Wildman–Crippen LogP) is 6.99. The molecule has 316 valence electrons. The Kier molecular flexibility index (Phi) is 12.2. The second-order valence-corrected chi connectivity index (χ2v) is 17.2. The van der Waals surface area contributed by atoms with E-state index in [0.29, 0.717) is 17.2 Å². The first-order valence-corrected chi connectivity index (χ1v) is 22.2. The molecule has 0 spiro atoms. The number of benzene rings is 5. The third kappa shape index (κ3) is 11.2. The van der Waals surface area contributed by atoms with Crippen LogP contribution in [0.15, 0.2) is 136 Å². The molecule has 0 bridgehead atoms. The number of rotatable bonds is 15. The van der Waals surface area contributed by atoms with Crippen LogP contribution in [-0.2, 0) is 30.4 Å². The second kappa shape index (κ2) is 17.7. The van der Waals surface area contributed by atoms with E-state index in [0.717, 1.165) is 17.8 Å². The van der Waals surface area contributed by atoms with Gasteiger partial charge in [-0.1, -0.05) is 60.7 Å². The van der Waals surface area contributed by atoms with E-state index in [1.165, 1.54) is 60.7 Å². The van der Waals surface area contributed by atoms with E-state index >= 15 is 0 Å². The first-order chi connectivity index (χ1) is 29.4. The molecule has 0 aliphatic rings. The molecule has 0 aliphatic heterocycles. The van der Waals surface area contributed by atoms with Crippen LogP contribution < -0.4 is 26.6 Å². The maximum absolute atomic E-state index is 12.7. The van der Waals surface area contributed by atoms with Crippen LogP contribution in [0.5, 0.6) is 0 Å². The van der Waals surface area contributed by atoms with Gasteiger partial charge in [-0.05, 0) is 90.8 Å². The highest BCUT2D eigenvalue weighted by atomic mass is 32.2. The van der Waals surface area contributed by atoms with Gasteiger partial charge in [0.25, 0.3) is 30.4 Å². The molecular weight excluding hydrogens is 863 g/mol. The van der Waals surface area contributed by atoms with Crippen molar-refractivity contribution < 1.29 is 38.9 Å². The molecule has 0 amide bonds. The van der Waals surface area contributed by atoms with Crippen LogP contribution >= 0.6 is 0 Å². The topological polar surface area (TPSA) is 301 Å². The van der Waals surface area contributed by atoms with Gasteiger partial charge in [-0.2, -0.15) is 55.2 Å². The number of hydrogen-bond acceptors (Lipinski definition) is 17. The lowest BCUT2D eigenvalue weighted by Gasteiger charge is -2.13. The number of aromatic nitrogens is 6. The molecule has 0 fully saturated rings. The fourth-order valence-electron chi connectivity index (χ4n) is 5.66. The number of hydrogen-bond donors (Lipinski definition) is 8. The molecule has 0 aliphatic carbocycles. The molecule has 5 aromatic carbocycles. The summed E-state index contributed by atoms with van der Waals surface area (Å²) in [5.74, 6) is 0.579. The van der Waals surface area contributed by atoms with Gasteiger partial charge in [-0.3, -0.25) is 13.7 Å². The Hall–Kier alpha value is -7.41.